The number of hydrogen-bond donors (Lipinski definition) is 1. The number of amides is 1. The number of benzene rings is 2. The largest absolute Gasteiger partial charge is 0.300 e. The molecule has 4 rings (SSSR count). The van der Waals surface area contributed by atoms with E-state index in [-0.39, 0.29) is 17.6 Å². The average molecular weight is 396 g/mol. The van der Waals surface area contributed by atoms with Crippen molar-refractivity contribution >= 4 is 22.4 Å². The number of carbonyl (C=O) groups excluding carboxylic acids is 1. The second-order valence-electron chi connectivity index (χ2n) is 6.97. The number of carbonyl (C=O) groups is 1. The zero-order valence-electron chi connectivity index (χ0n) is 15.3. The van der Waals surface area contributed by atoms with Crippen LogP contribution >= 0.6 is 11.3 Å². The second kappa shape index (κ2) is 8.58. The van der Waals surface area contributed by atoms with E-state index in [1.54, 1.807) is 12.1 Å². The Balaban J connectivity index is 1.35. The van der Waals surface area contributed by atoms with Gasteiger partial charge in [-0.3, -0.25) is 9.69 Å². The lowest BCUT2D eigenvalue weighted by atomic mass is 9.97. The first-order valence-corrected chi connectivity index (χ1v) is 10.2. The van der Waals surface area contributed by atoms with Gasteiger partial charge in [-0.05, 0) is 37.1 Å². The van der Waals surface area contributed by atoms with E-state index in [1.807, 2.05) is 30.3 Å². The van der Waals surface area contributed by atoms with Crippen LogP contribution in [0.3, 0.4) is 0 Å². The summed E-state index contributed by atoms with van der Waals surface area (Å²) < 4.78 is 13.1. The number of rotatable bonds is 5. The third-order valence-corrected chi connectivity index (χ3v) is 5.76. The molecular formula is C21H21FN4OS. The maximum Gasteiger partial charge on any atom is 0.230 e. The zero-order valence-corrected chi connectivity index (χ0v) is 16.2. The molecule has 0 spiro atoms. The van der Waals surface area contributed by atoms with E-state index in [4.69, 9.17) is 0 Å². The summed E-state index contributed by atoms with van der Waals surface area (Å²) in [6.45, 7) is 2.35. The van der Waals surface area contributed by atoms with E-state index in [0.29, 0.717) is 11.7 Å². The van der Waals surface area contributed by atoms with E-state index < -0.39 is 0 Å². The molecule has 28 heavy (non-hydrogen) atoms. The second-order valence-corrected chi connectivity index (χ2v) is 7.95. The van der Waals surface area contributed by atoms with Crippen LogP contribution in [0, 0.1) is 11.7 Å². The number of piperidine rings is 1. The molecule has 2 heterocycles. The van der Waals surface area contributed by atoms with Gasteiger partial charge in [0.2, 0.25) is 11.0 Å². The molecule has 1 N–H and O–H groups in total. The van der Waals surface area contributed by atoms with Crippen molar-refractivity contribution in [1.82, 2.24) is 15.1 Å². The van der Waals surface area contributed by atoms with Crippen molar-refractivity contribution < 1.29 is 9.18 Å². The van der Waals surface area contributed by atoms with Gasteiger partial charge in [0, 0.05) is 18.7 Å². The molecule has 0 radical (unpaired) electrons. The number of halogens is 1. The van der Waals surface area contributed by atoms with Crippen molar-refractivity contribution in [3.05, 3.63) is 66.0 Å². The fraction of sp³-hybridized carbons (Fsp3) is 0.286. The molecule has 144 valence electrons. The normalized spacial score (nSPS) is 17.4. The molecule has 1 fully saturated rings. The van der Waals surface area contributed by atoms with Crippen molar-refractivity contribution in [3.8, 4) is 10.6 Å². The van der Waals surface area contributed by atoms with Crippen LogP contribution in [-0.2, 0) is 11.3 Å². The highest BCUT2D eigenvalue weighted by molar-refractivity contribution is 7.18. The summed E-state index contributed by atoms with van der Waals surface area (Å²) in [5, 5.41) is 12.5. The van der Waals surface area contributed by atoms with Gasteiger partial charge in [0.15, 0.2) is 0 Å². The highest BCUT2D eigenvalue weighted by Crippen LogP contribution is 2.27. The van der Waals surface area contributed by atoms with Crippen LogP contribution in [0.5, 0.6) is 0 Å². The van der Waals surface area contributed by atoms with E-state index >= 15 is 0 Å². The lowest BCUT2D eigenvalue weighted by Gasteiger charge is -2.31. The number of hydrogen-bond acceptors (Lipinski definition) is 5. The molecule has 1 aromatic heterocycles. The monoisotopic (exact) mass is 396 g/mol. The molecule has 1 atom stereocenters. The smallest absolute Gasteiger partial charge is 0.230 e. The van der Waals surface area contributed by atoms with Crippen LogP contribution in [0.4, 0.5) is 9.52 Å². The quantitative estimate of drug-likeness (QED) is 0.702. The first-order valence-electron chi connectivity index (χ1n) is 9.34. The Morgan fingerprint density at radius 2 is 1.93 bits per heavy atom. The lowest BCUT2D eigenvalue weighted by Crippen LogP contribution is -2.40. The van der Waals surface area contributed by atoms with Gasteiger partial charge >= 0.3 is 0 Å². The van der Waals surface area contributed by atoms with Gasteiger partial charge in [-0.25, -0.2) is 4.39 Å². The van der Waals surface area contributed by atoms with Crippen molar-refractivity contribution in [2.75, 3.05) is 18.4 Å². The molecular weight excluding hydrogens is 375 g/mol. The average Bonchev–Trinajstić information content (AvgIpc) is 3.19. The first-order chi connectivity index (χ1) is 13.7. The van der Waals surface area contributed by atoms with Gasteiger partial charge in [0.05, 0.1) is 5.92 Å². The summed E-state index contributed by atoms with van der Waals surface area (Å²) in [6, 6.07) is 16.3. The highest BCUT2D eigenvalue weighted by atomic mass is 32.1. The molecule has 0 saturated carbocycles. The molecule has 1 aliphatic heterocycles. The maximum atomic E-state index is 13.1. The zero-order chi connectivity index (χ0) is 19.3. The third kappa shape index (κ3) is 4.61. The molecule has 0 aliphatic carbocycles. The summed E-state index contributed by atoms with van der Waals surface area (Å²) in [4.78, 5) is 15.0. The van der Waals surface area contributed by atoms with Gasteiger partial charge in [-0.15, -0.1) is 10.2 Å². The SMILES string of the molecule is O=C(Nc1nnc(-c2ccccc2)s1)[C@H]1CCCN(Cc2ccc(F)cc2)C1. The van der Waals surface area contributed by atoms with E-state index in [9.17, 15) is 9.18 Å². The Labute approximate surface area is 167 Å². The predicted molar refractivity (Wildman–Crippen MR) is 108 cm³/mol. The van der Waals surface area contributed by atoms with Crippen molar-refractivity contribution in [3.63, 3.8) is 0 Å². The molecule has 1 saturated heterocycles. The number of nitrogens with zero attached hydrogens (tertiary/aromatic N) is 3. The highest BCUT2D eigenvalue weighted by Gasteiger charge is 2.26. The minimum Gasteiger partial charge on any atom is -0.300 e. The number of anilines is 1. The molecule has 1 amide bonds. The van der Waals surface area contributed by atoms with Gasteiger partial charge in [0.1, 0.15) is 10.8 Å². The van der Waals surface area contributed by atoms with Crippen LogP contribution in [0.25, 0.3) is 10.6 Å². The van der Waals surface area contributed by atoms with Crippen LogP contribution in [0.1, 0.15) is 18.4 Å². The minimum absolute atomic E-state index is 0.0143. The Kier molecular flexibility index (Phi) is 5.73. The molecule has 2 aromatic carbocycles. The van der Waals surface area contributed by atoms with E-state index in [2.05, 4.69) is 20.4 Å². The summed E-state index contributed by atoms with van der Waals surface area (Å²) in [6.07, 6.45) is 1.82. The van der Waals surface area contributed by atoms with Crippen LogP contribution in [-0.4, -0.2) is 34.1 Å². The lowest BCUT2D eigenvalue weighted by molar-refractivity contribution is -0.121. The van der Waals surface area contributed by atoms with Gasteiger partial charge < -0.3 is 5.32 Å². The van der Waals surface area contributed by atoms with Gasteiger partial charge in [0.25, 0.3) is 0 Å². The Morgan fingerprint density at radius 1 is 1.14 bits per heavy atom. The van der Waals surface area contributed by atoms with Crippen LogP contribution in [0.15, 0.2) is 54.6 Å². The topological polar surface area (TPSA) is 58.1 Å². The minimum atomic E-state index is -0.230. The Hall–Kier alpha value is -2.64. The Bertz CT molecular complexity index is 929. The van der Waals surface area contributed by atoms with Gasteiger partial charge in [-0.2, -0.15) is 0 Å². The van der Waals surface area contributed by atoms with E-state index in [1.165, 1.54) is 23.5 Å². The predicted octanol–water partition coefficient (Wildman–Crippen LogP) is 4.19. The summed E-state index contributed by atoms with van der Waals surface area (Å²) in [7, 11) is 0. The molecule has 0 bridgehead atoms. The molecule has 3 aromatic rings. The molecule has 7 heteroatoms. The van der Waals surface area contributed by atoms with Crippen LogP contribution in [0.2, 0.25) is 0 Å². The molecule has 1 aliphatic rings. The summed E-state index contributed by atoms with van der Waals surface area (Å²) >= 11 is 1.38. The maximum absolute atomic E-state index is 13.1. The number of aromatic nitrogens is 2. The fourth-order valence-electron chi connectivity index (χ4n) is 3.44. The molecule has 0 unspecified atom stereocenters. The third-order valence-electron chi connectivity index (χ3n) is 4.87. The van der Waals surface area contributed by atoms with Crippen LogP contribution < -0.4 is 5.32 Å². The van der Waals surface area contributed by atoms with Crippen molar-refractivity contribution in [2.24, 2.45) is 5.92 Å². The summed E-state index contributed by atoms with van der Waals surface area (Å²) in [5.74, 6) is -0.329. The Morgan fingerprint density at radius 3 is 2.71 bits per heavy atom. The van der Waals surface area contributed by atoms with Crippen molar-refractivity contribution in [2.45, 2.75) is 19.4 Å². The number of nitrogens with one attached hydrogen (secondary N) is 1. The molecule has 5 nitrogen and oxygen atoms in total. The van der Waals surface area contributed by atoms with Gasteiger partial charge in [-0.1, -0.05) is 53.8 Å². The first kappa shape index (κ1) is 18.7. The number of likely N-dealkylation sites (tertiary alicyclic amines) is 1. The fourth-order valence-corrected chi connectivity index (χ4v) is 4.19. The van der Waals surface area contributed by atoms with E-state index in [0.717, 1.165) is 42.1 Å². The van der Waals surface area contributed by atoms with Crippen molar-refractivity contribution in [1.29, 1.82) is 0 Å². The standard InChI is InChI=1S/C21H21FN4OS/c22-18-10-8-15(9-11-18)13-26-12-4-7-17(14-26)19(27)23-21-25-24-20(28-21)16-5-2-1-3-6-16/h1-3,5-6,8-11,17H,4,7,12-14H2,(H,23,25,27)/t17-/m0/s1. The summed E-state index contributed by atoms with van der Waals surface area (Å²) in [5.41, 5.74) is 2.04.